The van der Waals surface area contributed by atoms with Crippen LogP contribution in [0.25, 0.3) is 0 Å². The average molecular weight is 271 g/mol. The largest absolute Gasteiger partial charge is 0.312 e. The Labute approximate surface area is 112 Å². The number of hydrogen-bond acceptors (Lipinski definition) is 3. The van der Waals surface area contributed by atoms with Crippen LogP contribution in [0.4, 0.5) is 5.69 Å². The second-order valence-electron chi connectivity index (χ2n) is 4.88. The van der Waals surface area contributed by atoms with Crippen molar-refractivity contribution in [2.75, 3.05) is 6.54 Å². The number of benzene rings is 1. The average Bonchev–Trinajstić information content (AvgIpc) is 2.28. The van der Waals surface area contributed by atoms with Gasteiger partial charge in [0.05, 0.1) is 4.92 Å². The lowest BCUT2D eigenvalue weighted by atomic mass is 9.98. The molecule has 1 atom stereocenters. The Morgan fingerprint density at radius 1 is 1.39 bits per heavy atom. The first-order chi connectivity index (χ1) is 8.41. The Balaban J connectivity index is 2.66. The lowest BCUT2D eigenvalue weighted by Crippen LogP contribution is -2.24. The first-order valence-corrected chi connectivity index (χ1v) is 6.43. The summed E-state index contributed by atoms with van der Waals surface area (Å²) in [6.07, 6.45) is 0. The number of nitro benzene ring substituents is 1. The summed E-state index contributed by atoms with van der Waals surface area (Å²) in [5.41, 5.74) is 0.743. The van der Waals surface area contributed by atoms with E-state index in [-0.39, 0.29) is 10.6 Å². The zero-order valence-corrected chi connectivity index (χ0v) is 11.7. The maximum atomic E-state index is 10.9. The highest BCUT2D eigenvalue weighted by atomic mass is 35.5. The molecule has 0 radical (unpaired) electrons. The van der Waals surface area contributed by atoms with Gasteiger partial charge in [-0.3, -0.25) is 10.1 Å². The molecule has 100 valence electrons. The van der Waals surface area contributed by atoms with Crippen molar-refractivity contribution in [3.8, 4) is 0 Å². The fourth-order valence-electron chi connectivity index (χ4n) is 1.54. The normalized spacial score (nSPS) is 12.7. The summed E-state index contributed by atoms with van der Waals surface area (Å²) in [4.78, 5) is 10.5. The van der Waals surface area contributed by atoms with Crippen molar-refractivity contribution in [1.29, 1.82) is 0 Å². The zero-order chi connectivity index (χ0) is 13.7. The topological polar surface area (TPSA) is 55.2 Å². The van der Waals surface area contributed by atoms with Crippen molar-refractivity contribution in [3.05, 3.63) is 38.9 Å². The minimum Gasteiger partial charge on any atom is -0.312 e. The van der Waals surface area contributed by atoms with Gasteiger partial charge in [-0.1, -0.05) is 32.4 Å². The van der Waals surface area contributed by atoms with Crippen LogP contribution in [0.5, 0.6) is 0 Å². The Bertz CT molecular complexity index is 421. The van der Waals surface area contributed by atoms with Crippen LogP contribution in [0.2, 0.25) is 5.02 Å². The third kappa shape index (κ3) is 4.27. The van der Waals surface area contributed by atoms with E-state index < -0.39 is 0 Å². The van der Waals surface area contributed by atoms with E-state index in [1.54, 1.807) is 12.1 Å². The predicted molar refractivity (Wildman–Crippen MR) is 73.8 cm³/mol. The molecule has 0 saturated carbocycles. The molecule has 0 heterocycles. The minimum absolute atomic E-state index is 0.115. The van der Waals surface area contributed by atoms with Gasteiger partial charge in [0.1, 0.15) is 0 Å². The molecule has 5 heteroatoms. The lowest BCUT2D eigenvalue weighted by Gasteiger charge is -2.16. The molecular formula is C13H19ClN2O2. The molecule has 1 aromatic rings. The summed E-state index contributed by atoms with van der Waals surface area (Å²) >= 11 is 5.86. The minimum atomic E-state index is -0.376. The second kappa shape index (κ2) is 6.71. The highest BCUT2D eigenvalue weighted by molar-refractivity contribution is 6.30. The molecule has 0 bridgehead atoms. The molecule has 0 aliphatic heterocycles. The van der Waals surface area contributed by atoms with Crippen molar-refractivity contribution in [1.82, 2.24) is 5.32 Å². The van der Waals surface area contributed by atoms with Crippen LogP contribution in [-0.2, 0) is 6.54 Å². The van der Waals surface area contributed by atoms with Crippen molar-refractivity contribution >= 4 is 17.3 Å². The molecular weight excluding hydrogens is 252 g/mol. The number of hydrogen-bond donors (Lipinski definition) is 1. The van der Waals surface area contributed by atoms with E-state index in [0.29, 0.717) is 29.0 Å². The van der Waals surface area contributed by atoms with E-state index >= 15 is 0 Å². The van der Waals surface area contributed by atoms with Gasteiger partial charge < -0.3 is 5.32 Å². The van der Waals surface area contributed by atoms with Gasteiger partial charge >= 0.3 is 0 Å². The van der Waals surface area contributed by atoms with Gasteiger partial charge in [-0.25, -0.2) is 0 Å². The molecule has 1 unspecified atom stereocenters. The molecule has 0 saturated heterocycles. The van der Waals surface area contributed by atoms with E-state index in [2.05, 4.69) is 26.1 Å². The van der Waals surface area contributed by atoms with Crippen molar-refractivity contribution in [2.45, 2.75) is 27.3 Å². The van der Waals surface area contributed by atoms with Crippen LogP contribution in [-0.4, -0.2) is 11.5 Å². The highest BCUT2D eigenvalue weighted by Gasteiger charge is 2.14. The van der Waals surface area contributed by atoms with E-state index in [1.807, 2.05) is 0 Å². The molecule has 0 amide bonds. The molecule has 0 aromatic heterocycles. The monoisotopic (exact) mass is 270 g/mol. The van der Waals surface area contributed by atoms with E-state index in [4.69, 9.17) is 11.6 Å². The Kier molecular flexibility index (Phi) is 5.56. The van der Waals surface area contributed by atoms with Gasteiger partial charge in [0.25, 0.3) is 5.69 Å². The van der Waals surface area contributed by atoms with E-state index in [1.165, 1.54) is 6.07 Å². The van der Waals surface area contributed by atoms with Gasteiger partial charge in [0.2, 0.25) is 0 Å². The number of nitrogens with one attached hydrogen (secondary N) is 1. The molecule has 0 spiro atoms. The summed E-state index contributed by atoms with van der Waals surface area (Å²) in [5.74, 6) is 1.12. The van der Waals surface area contributed by atoms with Crippen LogP contribution < -0.4 is 5.32 Å². The summed E-state index contributed by atoms with van der Waals surface area (Å²) in [7, 11) is 0. The van der Waals surface area contributed by atoms with Crippen LogP contribution in [0.15, 0.2) is 18.2 Å². The van der Waals surface area contributed by atoms with Gasteiger partial charge in [-0.2, -0.15) is 0 Å². The van der Waals surface area contributed by atoms with E-state index in [9.17, 15) is 10.1 Å². The highest BCUT2D eigenvalue weighted by Crippen LogP contribution is 2.22. The van der Waals surface area contributed by atoms with Gasteiger partial charge in [0, 0.05) is 23.2 Å². The van der Waals surface area contributed by atoms with Crippen LogP contribution in [0.3, 0.4) is 0 Å². The SMILES string of the molecule is CC(C)C(C)CNCc1cc(Cl)ccc1[N+](=O)[O-]. The van der Waals surface area contributed by atoms with Crippen molar-refractivity contribution in [2.24, 2.45) is 11.8 Å². The third-order valence-corrected chi connectivity index (χ3v) is 3.39. The van der Waals surface area contributed by atoms with E-state index in [0.717, 1.165) is 6.54 Å². The van der Waals surface area contributed by atoms with Crippen LogP contribution in [0, 0.1) is 22.0 Å². The first-order valence-electron chi connectivity index (χ1n) is 6.05. The standard InChI is InChI=1S/C13H19ClN2O2/c1-9(2)10(3)7-15-8-11-6-12(14)4-5-13(11)16(17)18/h4-6,9-10,15H,7-8H2,1-3H3. The molecule has 1 N–H and O–H groups in total. The number of nitrogens with zero attached hydrogens (tertiary/aromatic N) is 1. The van der Waals surface area contributed by atoms with Gasteiger partial charge in [-0.05, 0) is 30.5 Å². The summed E-state index contributed by atoms with van der Waals surface area (Å²) in [6, 6.07) is 4.64. The summed E-state index contributed by atoms with van der Waals surface area (Å²) in [6.45, 7) is 7.78. The van der Waals surface area contributed by atoms with Crippen LogP contribution in [0.1, 0.15) is 26.3 Å². The molecule has 1 rings (SSSR count). The molecule has 4 nitrogen and oxygen atoms in total. The Morgan fingerprint density at radius 3 is 2.61 bits per heavy atom. The lowest BCUT2D eigenvalue weighted by molar-refractivity contribution is -0.385. The molecule has 0 aliphatic rings. The van der Waals surface area contributed by atoms with Gasteiger partial charge in [-0.15, -0.1) is 0 Å². The molecule has 0 fully saturated rings. The molecule has 0 aliphatic carbocycles. The zero-order valence-electron chi connectivity index (χ0n) is 10.9. The van der Waals surface area contributed by atoms with Crippen molar-refractivity contribution < 1.29 is 4.92 Å². The quantitative estimate of drug-likeness (QED) is 0.634. The third-order valence-electron chi connectivity index (χ3n) is 3.16. The summed E-state index contributed by atoms with van der Waals surface area (Å²) in [5, 5.41) is 14.6. The number of halogens is 1. The fraction of sp³-hybridized carbons (Fsp3) is 0.538. The smallest absolute Gasteiger partial charge is 0.273 e. The number of nitro groups is 1. The fourth-order valence-corrected chi connectivity index (χ4v) is 1.74. The molecule has 18 heavy (non-hydrogen) atoms. The first kappa shape index (κ1) is 14.9. The Hall–Kier alpha value is -1.13. The molecule has 1 aromatic carbocycles. The summed E-state index contributed by atoms with van der Waals surface area (Å²) < 4.78 is 0. The van der Waals surface area contributed by atoms with Crippen molar-refractivity contribution in [3.63, 3.8) is 0 Å². The maximum absolute atomic E-state index is 10.9. The van der Waals surface area contributed by atoms with Crippen LogP contribution >= 0.6 is 11.6 Å². The maximum Gasteiger partial charge on any atom is 0.273 e. The second-order valence-corrected chi connectivity index (χ2v) is 5.32. The Morgan fingerprint density at radius 2 is 2.06 bits per heavy atom. The predicted octanol–water partition coefficient (Wildman–Crippen LogP) is 3.63. The number of rotatable bonds is 6. The van der Waals surface area contributed by atoms with Gasteiger partial charge in [0.15, 0.2) is 0 Å².